The van der Waals surface area contributed by atoms with Gasteiger partial charge in [-0.05, 0) is 17.0 Å². The van der Waals surface area contributed by atoms with Crippen molar-refractivity contribution in [2.75, 3.05) is 0 Å². The van der Waals surface area contributed by atoms with E-state index < -0.39 is 0 Å². The molecule has 0 radical (unpaired) electrons. The van der Waals surface area contributed by atoms with E-state index in [2.05, 4.69) is 0 Å². The van der Waals surface area contributed by atoms with Gasteiger partial charge in [0.25, 0.3) is 5.56 Å². The van der Waals surface area contributed by atoms with Crippen LogP contribution in [0.25, 0.3) is 10.8 Å². The van der Waals surface area contributed by atoms with Gasteiger partial charge in [0.2, 0.25) is 0 Å². The highest BCUT2D eigenvalue weighted by Crippen LogP contribution is 2.13. The first-order valence-corrected chi connectivity index (χ1v) is 4.51. The third-order valence-electron chi connectivity index (χ3n) is 2.41. The van der Waals surface area contributed by atoms with Gasteiger partial charge in [0.1, 0.15) is 0 Å². The van der Waals surface area contributed by atoms with E-state index in [4.69, 9.17) is 5.73 Å². The van der Waals surface area contributed by atoms with Crippen LogP contribution in [0, 0.1) is 0 Å². The molecule has 0 saturated heterocycles. The largest absolute Gasteiger partial charge is 0.326 e. The van der Waals surface area contributed by atoms with E-state index in [1.165, 1.54) is 0 Å². The van der Waals surface area contributed by atoms with Crippen LogP contribution in [0.5, 0.6) is 0 Å². The Labute approximate surface area is 81.8 Å². The van der Waals surface area contributed by atoms with Crippen molar-refractivity contribution >= 4 is 10.8 Å². The van der Waals surface area contributed by atoms with Gasteiger partial charge >= 0.3 is 0 Å². The Kier molecular flexibility index (Phi) is 2.09. The van der Waals surface area contributed by atoms with Gasteiger partial charge < -0.3 is 10.3 Å². The first-order valence-electron chi connectivity index (χ1n) is 4.51. The predicted octanol–water partition coefficient (Wildman–Crippen LogP) is 0.997. The topological polar surface area (TPSA) is 48.0 Å². The van der Waals surface area contributed by atoms with Gasteiger partial charge in [-0.3, -0.25) is 4.79 Å². The molecule has 0 aliphatic carbocycles. The monoisotopic (exact) mass is 188 g/mol. The van der Waals surface area contributed by atoms with Crippen LogP contribution in [0.2, 0.25) is 0 Å². The van der Waals surface area contributed by atoms with E-state index in [1.54, 1.807) is 17.8 Å². The maximum absolute atomic E-state index is 11.8. The Morgan fingerprint density at radius 1 is 1.36 bits per heavy atom. The lowest BCUT2D eigenvalue weighted by Crippen LogP contribution is -2.17. The van der Waals surface area contributed by atoms with E-state index in [0.29, 0.717) is 6.54 Å². The second-order valence-electron chi connectivity index (χ2n) is 3.32. The summed E-state index contributed by atoms with van der Waals surface area (Å²) >= 11 is 0. The minimum absolute atomic E-state index is 0.0172. The molecule has 1 aromatic heterocycles. The second-order valence-corrected chi connectivity index (χ2v) is 3.32. The highest BCUT2D eigenvalue weighted by atomic mass is 16.1. The molecule has 0 atom stereocenters. The molecule has 0 amide bonds. The Bertz CT molecular complexity index is 528. The lowest BCUT2D eigenvalue weighted by Gasteiger charge is -2.04. The number of nitrogens with zero attached hydrogens (tertiary/aromatic N) is 1. The average Bonchev–Trinajstić information content (AvgIpc) is 2.23. The Balaban J connectivity index is 2.97. The van der Waals surface area contributed by atoms with Crippen molar-refractivity contribution in [3.8, 4) is 0 Å². The van der Waals surface area contributed by atoms with Gasteiger partial charge in [0.15, 0.2) is 0 Å². The fraction of sp³-hybridized carbons (Fsp3) is 0.182. The Morgan fingerprint density at radius 2 is 2.14 bits per heavy atom. The van der Waals surface area contributed by atoms with E-state index in [0.717, 1.165) is 16.3 Å². The smallest absolute Gasteiger partial charge is 0.258 e. The van der Waals surface area contributed by atoms with Crippen LogP contribution in [0.4, 0.5) is 0 Å². The van der Waals surface area contributed by atoms with Crippen LogP contribution in [-0.4, -0.2) is 4.57 Å². The number of aromatic nitrogens is 1. The van der Waals surface area contributed by atoms with Crippen molar-refractivity contribution < 1.29 is 0 Å². The molecule has 0 aliphatic heterocycles. The predicted molar refractivity (Wildman–Crippen MR) is 57.1 cm³/mol. The molecule has 0 saturated carbocycles. The molecule has 0 aliphatic rings. The summed E-state index contributed by atoms with van der Waals surface area (Å²) in [5, 5.41) is 1.69. The highest BCUT2D eigenvalue weighted by molar-refractivity contribution is 5.84. The maximum atomic E-state index is 11.8. The lowest BCUT2D eigenvalue weighted by molar-refractivity contribution is 0.870. The summed E-state index contributed by atoms with van der Waals surface area (Å²) in [6.45, 7) is 0.399. The summed E-state index contributed by atoms with van der Waals surface area (Å²) in [5.74, 6) is 0. The number of fused-ring (bicyclic) bond motifs is 1. The third-order valence-corrected chi connectivity index (χ3v) is 2.41. The highest BCUT2D eigenvalue weighted by Gasteiger charge is 2.03. The van der Waals surface area contributed by atoms with Crippen molar-refractivity contribution in [3.05, 3.63) is 46.4 Å². The van der Waals surface area contributed by atoms with Gasteiger partial charge in [0, 0.05) is 19.8 Å². The third kappa shape index (κ3) is 1.22. The van der Waals surface area contributed by atoms with Crippen LogP contribution < -0.4 is 11.3 Å². The number of benzene rings is 1. The van der Waals surface area contributed by atoms with E-state index in [9.17, 15) is 4.79 Å². The molecule has 0 fully saturated rings. The molecule has 0 bridgehead atoms. The molecule has 2 aromatic rings. The van der Waals surface area contributed by atoms with Crippen molar-refractivity contribution in [1.82, 2.24) is 4.57 Å². The molecule has 3 heteroatoms. The van der Waals surface area contributed by atoms with Crippen molar-refractivity contribution in [2.24, 2.45) is 12.8 Å². The van der Waals surface area contributed by atoms with Gasteiger partial charge in [-0.1, -0.05) is 18.2 Å². The van der Waals surface area contributed by atoms with Gasteiger partial charge in [-0.15, -0.1) is 0 Å². The SMILES string of the molecule is Cn1ccc2cccc(CN)c2c1=O. The number of hydrogen-bond acceptors (Lipinski definition) is 2. The van der Waals surface area contributed by atoms with Crippen LogP contribution >= 0.6 is 0 Å². The van der Waals surface area contributed by atoms with Crippen molar-refractivity contribution in [1.29, 1.82) is 0 Å². The average molecular weight is 188 g/mol. The molecule has 14 heavy (non-hydrogen) atoms. The molecule has 0 unspecified atom stereocenters. The standard InChI is InChI=1S/C11H12N2O/c1-13-6-5-8-3-2-4-9(7-12)10(8)11(13)14/h2-6H,7,12H2,1H3. The second kappa shape index (κ2) is 3.27. The fourth-order valence-electron chi connectivity index (χ4n) is 1.63. The van der Waals surface area contributed by atoms with Crippen LogP contribution in [-0.2, 0) is 13.6 Å². The summed E-state index contributed by atoms with van der Waals surface area (Å²) in [7, 11) is 1.75. The Hall–Kier alpha value is -1.61. The van der Waals surface area contributed by atoms with Crippen molar-refractivity contribution in [2.45, 2.75) is 6.54 Å². The molecular formula is C11H12N2O. The zero-order chi connectivity index (χ0) is 10.1. The van der Waals surface area contributed by atoms with Crippen LogP contribution in [0.3, 0.4) is 0 Å². The molecule has 2 rings (SSSR count). The number of aryl methyl sites for hydroxylation is 1. The normalized spacial score (nSPS) is 10.7. The van der Waals surface area contributed by atoms with Gasteiger partial charge in [-0.25, -0.2) is 0 Å². The maximum Gasteiger partial charge on any atom is 0.258 e. The van der Waals surface area contributed by atoms with E-state index in [-0.39, 0.29) is 5.56 Å². The van der Waals surface area contributed by atoms with Gasteiger partial charge in [0.05, 0.1) is 5.39 Å². The van der Waals surface area contributed by atoms with E-state index in [1.807, 2.05) is 24.3 Å². The summed E-state index contributed by atoms with van der Waals surface area (Å²) in [5.41, 5.74) is 6.51. The fourth-order valence-corrected chi connectivity index (χ4v) is 1.63. The number of rotatable bonds is 1. The van der Waals surface area contributed by atoms with Crippen LogP contribution in [0.1, 0.15) is 5.56 Å². The molecule has 0 spiro atoms. The summed E-state index contributed by atoms with van der Waals surface area (Å²) in [6.07, 6.45) is 1.77. The molecule has 3 nitrogen and oxygen atoms in total. The minimum atomic E-state index is 0.0172. The molecular weight excluding hydrogens is 176 g/mol. The summed E-state index contributed by atoms with van der Waals surface area (Å²) in [6, 6.07) is 7.67. The molecule has 1 heterocycles. The first-order chi connectivity index (χ1) is 6.74. The summed E-state index contributed by atoms with van der Waals surface area (Å²) in [4.78, 5) is 11.8. The van der Waals surface area contributed by atoms with Gasteiger partial charge in [-0.2, -0.15) is 0 Å². The molecule has 1 aromatic carbocycles. The summed E-state index contributed by atoms with van der Waals surface area (Å²) < 4.78 is 1.57. The minimum Gasteiger partial charge on any atom is -0.326 e. The zero-order valence-corrected chi connectivity index (χ0v) is 8.03. The van der Waals surface area contributed by atoms with E-state index >= 15 is 0 Å². The zero-order valence-electron chi connectivity index (χ0n) is 8.03. The quantitative estimate of drug-likeness (QED) is 0.725. The Morgan fingerprint density at radius 3 is 2.86 bits per heavy atom. The lowest BCUT2D eigenvalue weighted by atomic mass is 10.1. The number of pyridine rings is 1. The molecule has 2 N–H and O–H groups in total. The molecule has 72 valence electrons. The number of hydrogen-bond donors (Lipinski definition) is 1. The van der Waals surface area contributed by atoms with Crippen molar-refractivity contribution in [3.63, 3.8) is 0 Å². The van der Waals surface area contributed by atoms with Crippen LogP contribution in [0.15, 0.2) is 35.3 Å². The number of nitrogens with two attached hydrogens (primary N) is 1. The first kappa shape index (κ1) is 8.97.